The van der Waals surface area contributed by atoms with Crippen LogP contribution in [-0.2, 0) is 13.6 Å². The maximum atomic E-state index is 4.22. The van der Waals surface area contributed by atoms with Gasteiger partial charge < -0.3 is 10.6 Å². The van der Waals surface area contributed by atoms with E-state index in [0.717, 1.165) is 24.9 Å². The zero-order valence-electron chi connectivity index (χ0n) is 14.5. The summed E-state index contributed by atoms with van der Waals surface area (Å²) < 4.78 is 1.75. The Morgan fingerprint density at radius 1 is 1.27 bits per heavy atom. The number of nitrogens with one attached hydrogen (secondary N) is 2. The molecule has 0 saturated heterocycles. The smallest absolute Gasteiger partial charge is 0.191 e. The Morgan fingerprint density at radius 3 is 2.36 bits per heavy atom. The van der Waals surface area contributed by atoms with Gasteiger partial charge in [-0.25, -0.2) is 4.98 Å². The highest BCUT2D eigenvalue weighted by molar-refractivity contribution is 14.0. The summed E-state index contributed by atoms with van der Waals surface area (Å²) >= 11 is 0. The molecule has 2 N–H and O–H groups in total. The Labute approximate surface area is 151 Å². The van der Waals surface area contributed by atoms with Crippen LogP contribution >= 0.6 is 24.0 Å². The molecule has 0 aromatic carbocycles. The van der Waals surface area contributed by atoms with Crippen LogP contribution in [0.25, 0.3) is 0 Å². The fourth-order valence-corrected chi connectivity index (χ4v) is 2.28. The first-order chi connectivity index (χ1) is 9.95. The summed E-state index contributed by atoms with van der Waals surface area (Å²) in [6.45, 7) is 11.3. The van der Waals surface area contributed by atoms with E-state index in [2.05, 4.69) is 58.3 Å². The first kappa shape index (κ1) is 21.1. The summed E-state index contributed by atoms with van der Waals surface area (Å²) in [4.78, 5) is 10.8. The van der Waals surface area contributed by atoms with Gasteiger partial charge in [-0.1, -0.05) is 0 Å². The molecule has 0 spiro atoms. The molecule has 1 aromatic heterocycles. The Hall–Kier alpha value is -0.900. The molecule has 8 heteroatoms. The van der Waals surface area contributed by atoms with E-state index in [1.165, 1.54) is 0 Å². The van der Waals surface area contributed by atoms with Crippen molar-refractivity contribution < 1.29 is 0 Å². The van der Waals surface area contributed by atoms with Gasteiger partial charge >= 0.3 is 0 Å². The fourth-order valence-electron chi connectivity index (χ4n) is 2.28. The third kappa shape index (κ3) is 6.91. The van der Waals surface area contributed by atoms with Gasteiger partial charge in [0.25, 0.3) is 0 Å². The number of aromatic nitrogens is 3. The number of aliphatic imine (C=N–C) groups is 1. The highest BCUT2D eigenvalue weighted by Gasteiger charge is 2.12. The summed E-state index contributed by atoms with van der Waals surface area (Å²) in [5, 5.41) is 10.6. The maximum Gasteiger partial charge on any atom is 0.191 e. The molecule has 1 rings (SSSR count). The number of hydrogen-bond donors (Lipinski definition) is 2. The van der Waals surface area contributed by atoms with Crippen LogP contribution in [0.15, 0.2) is 11.3 Å². The second-order valence-electron chi connectivity index (χ2n) is 5.58. The number of rotatable bonds is 7. The lowest BCUT2D eigenvalue weighted by molar-refractivity contribution is 0.178. The standard InChI is InChI=1S/C14H29N7.HI/c1-11(2)21(12(3)4)8-7-16-14(15-5)17-9-13-18-10-19-20(13)6;/h10-12H,7-9H2,1-6H3,(H2,15,16,17);1H. The summed E-state index contributed by atoms with van der Waals surface area (Å²) in [6.07, 6.45) is 1.55. The van der Waals surface area contributed by atoms with Gasteiger partial charge in [-0.2, -0.15) is 5.10 Å². The third-order valence-corrected chi connectivity index (χ3v) is 3.43. The Kier molecular flexibility index (Phi) is 10.3. The molecule has 1 heterocycles. The Morgan fingerprint density at radius 2 is 1.91 bits per heavy atom. The number of aryl methyl sites for hydroxylation is 1. The molecule has 0 aliphatic carbocycles. The topological polar surface area (TPSA) is 70.4 Å². The van der Waals surface area contributed by atoms with Crippen LogP contribution in [0.3, 0.4) is 0 Å². The molecule has 7 nitrogen and oxygen atoms in total. The predicted octanol–water partition coefficient (Wildman–Crippen LogP) is 1.22. The van der Waals surface area contributed by atoms with Crippen LogP contribution in [-0.4, -0.2) is 57.8 Å². The van der Waals surface area contributed by atoms with Crippen molar-refractivity contribution in [1.29, 1.82) is 0 Å². The van der Waals surface area contributed by atoms with Crippen LogP contribution in [0, 0.1) is 0 Å². The van der Waals surface area contributed by atoms with Gasteiger partial charge in [0.05, 0.1) is 6.54 Å². The molecule has 0 saturated carbocycles. The van der Waals surface area contributed by atoms with Crippen molar-refractivity contribution in [1.82, 2.24) is 30.3 Å². The first-order valence-corrected chi connectivity index (χ1v) is 7.48. The van der Waals surface area contributed by atoms with Crippen molar-refractivity contribution in [2.75, 3.05) is 20.1 Å². The van der Waals surface area contributed by atoms with Gasteiger partial charge in [0, 0.05) is 39.3 Å². The fraction of sp³-hybridized carbons (Fsp3) is 0.786. The molecule has 128 valence electrons. The number of nitrogens with zero attached hydrogens (tertiary/aromatic N) is 5. The van der Waals surface area contributed by atoms with Crippen molar-refractivity contribution in [3.63, 3.8) is 0 Å². The summed E-state index contributed by atoms with van der Waals surface area (Å²) in [5.41, 5.74) is 0. The molecule has 0 unspecified atom stereocenters. The molecule has 0 bridgehead atoms. The van der Waals surface area contributed by atoms with E-state index in [-0.39, 0.29) is 24.0 Å². The Balaban J connectivity index is 0.00000441. The van der Waals surface area contributed by atoms with Crippen molar-refractivity contribution in [3.05, 3.63) is 12.2 Å². The zero-order valence-corrected chi connectivity index (χ0v) is 16.8. The Bertz CT molecular complexity index is 434. The second kappa shape index (κ2) is 10.8. The van der Waals surface area contributed by atoms with Gasteiger partial charge in [0.2, 0.25) is 0 Å². The minimum atomic E-state index is 0. The molecule has 22 heavy (non-hydrogen) atoms. The van der Waals surface area contributed by atoms with Crippen LogP contribution in [0.2, 0.25) is 0 Å². The number of hydrogen-bond acceptors (Lipinski definition) is 4. The quantitative estimate of drug-likeness (QED) is 0.392. The van der Waals surface area contributed by atoms with E-state index in [1.54, 1.807) is 18.1 Å². The van der Waals surface area contributed by atoms with Crippen molar-refractivity contribution in [3.8, 4) is 0 Å². The normalized spacial score (nSPS) is 12.0. The van der Waals surface area contributed by atoms with E-state index in [4.69, 9.17) is 0 Å². The van der Waals surface area contributed by atoms with Crippen molar-refractivity contribution in [2.45, 2.75) is 46.3 Å². The SMILES string of the molecule is CN=C(NCCN(C(C)C)C(C)C)NCc1ncnn1C.I. The van der Waals surface area contributed by atoms with Gasteiger partial charge in [-0.3, -0.25) is 14.6 Å². The molecule has 0 aliphatic rings. The van der Waals surface area contributed by atoms with E-state index in [0.29, 0.717) is 18.6 Å². The molecule has 1 aromatic rings. The molecule has 0 atom stereocenters. The lowest BCUT2D eigenvalue weighted by atomic mass is 10.2. The molecule has 0 radical (unpaired) electrons. The lowest BCUT2D eigenvalue weighted by Gasteiger charge is -2.30. The minimum Gasteiger partial charge on any atom is -0.355 e. The average Bonchev–Trinajstić information content (AvgIpc) is 2.82. The van der Waals surface area contributed by atoms with Gasteiger partial charge in [-0.05, 0) is 27.7 Å². The number of guanidine groups is 1. The van der Waals surface area contributed by atoms with E-state index >= 15 is 0 Å². The van der Waals surface area contributed by atoms with Crippen molar-refractivity contribution >= 4 is 29.9 Å². The summed E-state index contributed by atoms with van der Waals surface area (Å²) in [6, 6.07) is 1.08. The van der Waals surface area contributed by atoms with Gasteiger partial charge in [-0.15, -0.1) is 24.0 Å². The zero-order chi connectivity index (χ0) is 15.8. The molecule has 0 aliphatic heterocycles. The van der Waals surface area contributed by atoms with Crippen LogP contribution in [0.4, 0.5) is 0 Å². The largest absolute Gasteiger partial charge is 0.355 e. The summed E-state index contributed by atoms with van der Waals surface area (Å²) in [5.74, 6) is 1.66. The first-order valence-electron chi connectivity index (χ1n) is 7.48. The monoisotopic (exact) mass is 423 g/mol. The van der Waals surface area contributed by atoms with Gasteiger partial charge in [0.1, 0.15) is 12.2 Å². The van der Waals surface area contributed by atoms with E-state index < -0.39 is 0 Å². The highest BCUT2D eigenvalue weighted by atomic mass is 127. The third-order valence-electron chi connectivity index (χ3n) is 3.43. The molecule has 0 amide bonds. The lowest BCUT2D eigenvalue weighted by Crippen LogP contribution is -2.45. The molecular formula is C14H30IN7. The van der Waals surface area contributed by atoms with Gasteiger partial charge in [0.15, 0.2) is 5.96 Å². The molecule has 0 fully saturated rings. The maximum absolute atomic E-state index is 4.22. The van der Waals surface area contributed by atoms with E-state index in [1.807, 2.05) is 7.05 Å². The van der Waals surface area contributed by atoms with E-state index in [9.17, 15) is 0 Å². The molecular weight excluding hydrogens is 393 g/mol. The minimum absolute atomic E-state index is 0. The average molecular weight is 423 g/mol. The summed E-state index contributed by atoms with van der Waals surface area (Å²) in [7, 11) is 3.65. The van der Waals surface area contributed by atoms with Crippen LogP contribution in [0.5, 0.6) is 0 Å². The second-order valence-corrected chi connectivity index (χ2v) is 5.58. The van der Waals surface area contributed by atoms with Crippen molar-refractivity contribution in [2.24, 2.45) is 12.0 Å². The predicted molar refractivity (Wildman–Crippen MR) is 102 cm³/mol. The number of halogens is 1. The highest BCUT2D eigenvalue weighted by Crippen LogP contribution is 2.03. The van der Waals surface area contributed by atoms with Crippen LogP contribution in [0.1, 0.15) is 33.5 Å². The van der Waals surface area contributed by atoms with Crippen LogP contribution < -0.4 is 10.6 Å².